The molecule has 3 aliphatic heterocycles. The molecule has 0 atom stereocenters. The molecule has 5 rings (SSSR count). The van der Waals surface area contributed by atoms with E-state index in [1.165, 1.54) is 59.2 Å². The molecule has 3 saturated heterocycles. The SMILES string of the molecule is C1CCOC1.CC(=O)O.CC(=O)O[B]OC(C)=O.CC(C)(C)OC(=O)CN1CCCCCN(CC(=O)OC(C)(C)C)CC1.COC(=O)c1ccc(C=O)nc1.COC(=O)c1ccc(CC2CCN(CC(=O)OC(C)(C)C)CCN(CC(=O)OC(C)(C)C)CC2)nc1. The Balaban J connectivity index is 0.00000125. The summed E-state index contributed by atoms with van der Waals surface area (Å²) >= 11 is 0. The molecule has 0 aliphatic carbocycles. The molecular weight excluding hydrogens is 1180 g/mol. The van der Waals surface area contributed by atoms with Crippen LogP contribution in [-0.4, -0.2) is 231 Å². The largest absolute Gasteiger partial charge is 0.662 e. The molecule has 0 amide bonds. The van der Waals surface area contributed by atoms with Crippen molar-refractivity contribution in [1.82, 2.24) is 29.6 Å². The molecule has 0 spiro atoms. The Morgan fingerprint density at radius 1 is 0.516 bits per heavy atom. The van der Waals surface area contributed by atoms with Gasteiger partial charge in [-0.05, 0) is 184 Å². The predicted molar refractivity (Wildman–Crippen MR) is 339 cm³/mol. The Morgan fingerprint density at radius 2 is 0.857 bits per heavy atom. The summed E-state index contributed by atoms with van der Waals surface area (Å²) in [5.74, 6) is -3.33. The second kappa shape index (κ2) is 44.5. The number of aromatic nitrogens is 2. The van der Waals surface area contributed by atoms with E-state index < -0.39 is 52.3 Å². The van der Waals surface area contributed by atoms with E-state index in [1.807, 2.05) is 89.2 Å². The molecule has 27 heteroatoms. The monoisotopic (exact) mass is 1290 g/mol. The quantitative estimate of drug-likeness (QED) is 0.0831. The molecule has 3 aliphatic rings. The van der Waals surface area contributed by atoms with Crippen molar-refractivity contribution in [2.24, 2.45) is 5.92 Å². The molecule has 0 aromatic carbocycles. The van der Waals surface area contributed by atoms with E-state index in [0.29, 0.717) is 62.9 Å². The lowest BCUT2D eigenvalue weighted by Crippen LogP contribution is -2.42. The number of nitrogens with zero attached hydrogens (tertiary/aromatic N) is 6. The van der Waals surface area contributed by atoms with Crippen LogP contribution in [0.5, 0.6) is 0 Å². The average Bonchev–Trinajstić information content (AvgIpc) is 2.61. The predicted octanol–water partition coefficient (Wildman–Crippen LogP) is 6.78. The fourth-order valence-corrected chi connectivity index (χ4v) is 8.26. The number of aldehydes is 1. The second-order valence-electron chi connectivity index (χ2n) is 25.4. The van der Waals surface area contributed by atoms with Gasteiger partial charge >= 0.3 is 43.5 Å². The van der Waals surface area contributed by atoms with Crippen LogP contribution >= 0.6 is 0 Å². The molecule has 513 valence electrons. The van der Waals surface area contributed by atoms with Gasteiger partial charge in [-0.3, -0.25) is 67.9 Å². The van der Waals surface area contributed by atoms with Gasteiger partial charge in [0.1, 0.15) is 28.1 Å². The van der Waals surface area contributed by atoms with Gasteiger partial charge in [0.05, 0.1) is 51.5 Å². The highest BCUT2D eigenvalue weighted by atomic mass is 16.6. The number of methoxy groups -OCH3 is 2. The number of carboxylic acid groups (broad SMARTS) is 1. The smallest absolute Gasteiger partial charge is 0.500 e. The molecule has 0 saturated carbocycles. The van der Waals surface area contributed by atoms with Gasteiger partial charge in [0.15, 0.2) is 6.29 Å². The molecule has 1 N–H and O–H groups in total. The first-order valence-corrected chi connectivity index (χ1v) is 30.5. The van der Waals surface area contributed by atoms with Gasteiger partial charge in [-0.1, -0.05) is 6.42 Å². The van der Waals surface area contributed by atoms with Crippen molar-refractivity contribution in [3.05, 3.63) is 59.2 Å². The Bertz CT molecular complexity index is 2400. The first-order chi connectivity index (χ1) is 42.3. The summed E-state index contributed by atoms with van der Waals surface area (Å²) in [6.07, 6.45) is 11.7. The lowest BCUT2D eigenvalue weighted by atomic mass is 9.94. The summed E-state index contributed by atoms with van der Waals surface area (Å²) in [5.41, 5.74) is -0.0507. The molecular formula is C64H104BN6O20. The van der Waals surface area contributed by atoms with Crippen LogP contribution in [0.1, 0.15) is 186 Å². The van der Waals surface area contributed by atoms with Crippen LogP contribution in [-0.2, 0) is 82.4 Å². The summed E-state index contributed by atoms with van der Waals surface area (Å²) in [6, 6.07) is 6.53. The number of ether oxygens (including phenoxy) is 7. The van der Waals surface area contributed by atoms with Gasteiger partial charge in [0.25, 0.3) is 17.9 Å². The van der Waals surface area contributed by atoms with Crippen LogP contribution in [0.2, 0.25) is 0 Å². The highest BCUT2D eigenvalue weighted by molar-refractivity contribution is 6.25. The Morgan fingerprint density at radius 3 is 1.12 bits per heavy atom. The van der Waals surface area contributed by atoms with E-state index in [-0.39, 0.29) is 37.0 Å². The second-order valence-corrected chi connectivity index (χ2v) is 25.4. The third-order valence-corrected chi connectivity index (χ3v) is 12.0. The molecule has 5 heterocycles. The van der Waals surface area contributed by atoms with E-state index in [0.717, 1.165) is 104 Å². The zero-order valence-electron chi connectivity index (χ0n) is 57.1. The van der Waals surface area contributed by atoms with Gasteiger partial charge in [-0.25, -0.2) is 9.59 Å². The standard InChI is InChI=1S/C27H43N3O6.C19H36N2O4.C8H7NO3.C4H6BO4.C4H8O.C2H4O2/c1-26(2,3)35-23(31)18-29-12-10-20(16-22-9-8-21(17-28-22)25(33)34-7)11-13-30(15-14-29)19-24(32)36-27(4,5)6;1-18(2,3)24-16(22)14-20-10-8-7-9-11-21(13-12-20)15-17(23)25-19(4,5)6;1-12-8(11)6-2-3-7(5-10)9-4-6;1-3(6)8-5-9-4(2)7;1-2-4-5-3-1;1-2(3)4/h8-9,17,20H,10-16,18-19H2,1-7H3;7-15H2,1-6H3;2-5H,1H3;1-2H3;1-4H2;1H3,(H,3,4). The Labute approximate surface area is 539 Å². The number of carbonyl (C=O) groups is 10. The summed E-state index contributed by atoms with van der Waals surface area (Å²) in [4.78, 5) is 127. The summed E-state index contributed by atoms with van der Waals surface area (Å²) in [6.45, 7) is 35.0. The number of pyridine rings is 2. The van der Waals surface area contributed by atoms with Crippen LogP contribution < -0.4 is 0 Å². The molecule has 1 radical (unpaired) electrons. The molecule has 0 unspecified atom stereocenters. The number of esters is 6. The maximum atomic E-state index is 12.5. The van der Waals surface area contributed by atoms with Gasteiger partial charge in [-0.2, -0.15) is 0 Å². The van der Waals surface area contributed by atoms with Gasteiger partial charge in [0, 0.05) is 78.3 Å². The number of hydrogen-bond acceptors (Lipinski definition) is 25. The van der Waals surface area contributed by atoms with Crippen molar-refractivity contribution in [2.75, 3.05) is 106 Å². The van der Waals surface area contributed by atoms with Crippen molar-refractivity contribution >= 4 is 67.7 Å². The number of rotatable bonds is 15. The summed E-state index contributed by atoms with van der Waals surface area (Å²) in [7, 11) is 3.33. The van der Waals surface area contributed by atoms with E-state index in [9.17, 15) is 43.2 Å². The molecule has 0 bridgehead atoms. The van der Waals surface area contributed by atoms with Gasteiger partial charge in [0.2, 0.25) is 0 Å². The number of aliphatic carboxylic acids is 1. The van der Waals surface area contributed by atoms with Gasteiger partial charge in [-0.15, -0.1) is 0 Å². The van der Waals surface area contributed by atoms with E-state index in [1.54, 1.807) is 12.3 Å². The maximum absolute atomic E-state index is 12.5. The minimum atomic E-state index is -0.833. The lowest BCUT2D eigenvalue weighted by molar-refractivity contribution is -0.158. The van der Waals surface area contributed by atoms with Crippen molar-refractivity contribution < 1.29 is 95.5 Å². The highest BCUT2D eigenvalue weighted by Gasteiger charge is 2.27. The van der Waals surface area contributed by atoms with E-state index in [4.69, 9.17) is 38.3 Å². The summed E-state index contributed by atoms with van der Waals surface area (Å²) in [5, 5.41) is 7.42. The zero-order valence-corrected chi connectivity index (χ0v) is 57.1. The number of hydrogen-bond donors (Lipinski definition) is 1. The maximum Gasteiger partial charge on any atom is 0.662 e. The Kier molecular flexibility index (Phi) is 41.1. The van der Waals surface area contributed by atoms with Crippen LogP contribution in [0, 0.1) is 5.92 Å². The minimum absolute atomic E-state index is 0.189. The number of carboxylic acids is 1. The zero-order chi connectivity index (χ0) is 69.4. The molecule has 2 aromatic heterocycles. The van der Waals surface area contributed by atoms with Gasteiger partial charge < -0.3 is 47.6 Å². The molecule has 2 aromatic rings. The van der Waals surface area contributed by atoms with Crippen LogP contribution in [0.4, 0.5) is 0 Å². The molecule has 3 fully saturated rings. The third kappa shape index (κ3) is 48.5. The topological polar surface area (TPSA) is 313 Å². The first kappa shape index (κ1) is 84.1. The van der Waals surface area contributed by atoms with Crippen molar-refractivity contribution in [3.63, 3.8) is 0 Å². The average molecular weight is 1290 g/mol. The highest BCUT2D eigenvalue weighted by Crippen LogP contribution is 2.20. The third-order valence-electron chi connectivity index (χ3n) is 12.0. The van der Waals surface area contributed by atoms with Crippen LogP contribution in [0.15, 0.2) is 36.7 Å². The summed E-state index contributed by atoms with van der Waals surface area (Å²) < 4.78 is 44.3. The fourth-order valence-electron chi connectivity index (χ4n) is 8.26. The number of carbonyl (C=O) groups excluding carboxylic acids is 9. The van der Waals surface area contributed by atoms with Crippen LogP contribution in [0.3, 0.4) is 0 Å². The Hall–Kier alpha value is -6.94. The lowest BCUT2D eigenvalue weighted by Gasteiger charge is -2.27. The first-order valence-electron chi connectivity index (χ1n) is 30.5. The normalized spacial score (nSPS) is 15.4. The van der Waals surface area contributed by atoms with Crippen molar-refractivity contribution in [2.45, 2.75) is 178 Å². The molecule has 26 nitrogen and oxygen atoms in total. The van der Waals surface area contributed by atoms with E-state index in [2.05, 4.69) is 43.6 Å². The fraction of sp³-hybridized carbons (Fsp3) is 0.688. The van der Waals surface area contributed by atoms with Crippen molar-refractivity contribution in [3.8, 4) is 0 Å². The van der Waals surface area contributed by atoms with Crippen molar-refractivity contribution in [1.29, 1.82) is 0 Å². The minimum Gasteiger partial charge on any atom is -0.500 e. The van der Waals surface area contributed by atoms with E-state index >= 15 is 0 Å². The van der Waals surface area contributed by atoms with Crippen LogP contribution in [0.25, 0.3) is 0 Å². The molecule has 91 heavy (non-hydrogen) atoms.